The summed E-state index contributed by atoms with van der Waals surface area (Å²) in [5.41, 5.74) is 0. The van der Waals surface area contributed by atoms with E-state index in [-0.39, 0.29) is 36.3 Å². The first kappa shape index (κ1) is 20.0. The van der Waals surface area contributed by atoms with Crippen molar-refractivity contribution < 1.29 is 9.59 Å². The maximum absolute atomic E-state index is 12.4. The van der Waals surface area contributed by atoms with Crippen molar-refractivity contribution in [1.82, 2.24) is 20.9 Å². The number of hydrogen-bond donors (Lipinski definition) is 3. The number of piperidine rings is 2. The second-order valence-electron chi connectivity index (χ2n) is 6.92. The minimum Gasteiger partial charge on any atom is -0.352 e. The minimum absolute atomic E-state index is 0. The van der Waals surface area contributed by atoms with Crippen molar-refractivity contribution in [3.8, 4) is 0 Å². The van der Waals surface area contributed by atoms with Gasteiger partial charge in [0.1, 0.15) is 0 Å². The highest BCUT2D eigenvalue weighted by Crippen LogP contribution is 2.17. The molecule has 2 aliphatic rings. The third kappa shape index (κ3) is 6.55. The van der Waals surface area contributed by atoms with E-state index in [2.05, 4.69) is 29.8 Å². The van der Waals surface area contributed by atoms with E-state index in [1.165, 1.54) is 0 Å². The third-order valence-corrected chi connectivity index (χ3v) is 4.38. The second kappa shape index (κ2) is 9.98. The number of carbonyl (C=O) groups excluding carboxylic acids is 2. The topological polar surface area (TPSA) is 73.5 Å². The average Bonchev–Trinajstić information content (AvgIpc) is 2.53. The third-order valence-electron chi connectivity index (χ3n) is 4.38. The van der Waals surface area contributed by atoms with Crippen LogP contribution in [0.25, 0.3) is 0 Å². The Kier molecular flexibility index (Phi) is 8.69. The van der Waals surface area contributed by atoms with Crippen molar-refractivity contribution in [2.75, 3.05) is 32.7 Å². The number of carbonyl (C=O) groups is 2. The average molecular weight is 347 g/mol. The Morgan fingerprint density at radius 2 is 2.04 bits per heavy atom. The Hall–Kier alpha value is -1.01. The largest absolute Gasteiger partial charge is 0.352 e. The molecular formula is C16H31ClN4O2. The molecule has 0 aromatic rings. The van der Waals surface area contributed by atoms with Gasteiger partial charge in [0.25, 0.3) is 0 Å². The smallest absolute Gasteiger partial charge is 0.317 e. The molecule has 23 heavy (non-hydrogen) atoms. The van der Waals surface area contributed by atoms with Gasteiger partial charge in [0.05, 0.1) is 5.92 Å². The summed E-state index contributed by atoms with van der Waals surface area (Å²) in [6.45, 7) is 8.01. The fourth-order valence-electron chi connectivity index (χ4n) is 3.07. The molecule has 2 aliphatic heterocycles. The van der Waals surface area contributed by atoms with Gasteiger partial charge in [-0.25, -0.2) is 4.79 Å². The summed E-state index contributed by atoms with van der Waals surface area (Å²) in [5.74, 6) is 0.474. The summed E-state index contributed by atoms with van der Waals surface area (Å²) in [6, 6.07) is 0.205. The van der Waals surface area contributed by atoms with E-state index >= 15 is 0 Å². The lowest BCUT2D eigenvalue weighted by Crippen LogP contribution is -2.52. The Labute approximate surface area is 145 Å². The summed E-state index contributed by atoms with van der Waals surface area (Å²) >= 11 is 0. The Balaban J connectivity index is 0.00000264. The summed E-state index contributed by atoms with van der Waals surface area (Å²) in [7, 11) is 0. The first-order valence-electron chi connectivity index (χ1n) is 8.60. The molecule has 134 valence electrons. The van der Waals surface area contributed by atoms with Gasteiger partial charge in [-0.2, -0.15) is 0 Å². The molecule has 0 aliphatic carbocycles. The predicted molar refractivity (Wildman–Crippen MR) is 93.8 cm³/mol. The van der Waals surface area contributed by atoms with Crippen LogP contribution < -0.4 is 16.0 Å². The van der Waals surface area contributed by atoms with Crippen molar-refractivity contribution >= 4 is 24.3 Å². The zero-order valence-electron chi connectivity index (χ0n) is 14.3. The lowest BCUT2D eigenvalue weighted by molar-refractivity contribution is -0.127. The van der Waals surface area contributed by atoms with Crippen LogP contribution in [0.3, 0.4) is 0 Å². The molecule has 3 N–H and O–H groups in total. The maximum atomic E-state index is 12.4. The second-order valence-corrected chi connectivity index (χ2v) is 6.92. The van der Waals surface area contributed by atoms with Crippen molar-refractivity contribution in [3.63, 3.8) is 0 Å². The number of hydrogen-bond acceptors (Lipinski definition) is 3. The highest BCUT2D eigenvalue weighted by atomic mass is 35.5. The van der Waals surface area contributed by atoms with Crippen molar-refractivity contribution in [3.05, 3.63) is 0 Å². The number of halogens is 1. The first-order chi connectivity index (χ1) is 10.6. The Morgan fingerprint density at radius 1 is 1.26 bits per heavy atom. The molecule has 3 amide bonds. The zero-order chi connectivity index (χ0) is 15.9. The van der Waals surface area contributed by atoms with Crippen LogP contribution in [0.2, 0.25) is 0 Å². The lowest BCUT2D eigenvalue weighted by atomic mass is 9.96. The highest BCUT2D eigenvalue weighted by Gasteiger charge is 2.29. The minimum atomic E-state index is -0.0690. The van der Waals surface area contributed by atoms with Crippen LogP contribution in [0, 0.1) is 11.8 Å². The summed E-state index contributed by atoms with van der Waals surface area (Å²) in [6.07, 6.45) is 3.93. The van der Waals surface area contributed by atoms with E-state index in [0.29, 0.717) is 19.0 Å². The number of likely N-dealkylation sites (tertiary alicyclic amines) is 1. The van der Waals surface area contributed by atoms with Gasteiger partial charge in [-0.05, 0) is 38.1 Å². The molecule has 2 saturated heterocycles. The van der Waals surface area contributed by atoms with Crippen molar-refractivity contribution in [2.45, 2.75) is 45.6 Å². The van der Waals surface area contributed by atoms with Crippen LogP contribution in [-0.4, -0.2) is 55.6 Å². The van der Waals surface area contributed by atoms with Gasteiger partial charge in [0.2, 0.25) is 5.91 Å². The molecule has 2 fully saturated rings. The number of nitrogens with one attached hydrogen (secondary N) is 3. The highest BCUT2D eigenvalue weighted by molar-refractivity contribution is 5.85. The maximum Gasteiger partial charge on any atom is 0.317 e. The molecule has 2 rings (SSSR count). The molecule has 2 atom stereocenters. The van der Waals surface area contributed by atoms with Gasteiger partial charge in [-0.15, -0.1) is 12.4 Å². The molecule has 2 heterocycles. The van der Waals surface area contributed by atoms with E-state index in [0.717, 1.165) is 45.3 Å². The van der Waals surface area contributed by atoms with Gasteiger partial charge in [-0.1, -0.05) is 13.8 Å². The van der Waals surface area contributed by atoms with Crippen LogP contribution in [0.15, 0.2) is 0 Å². The SMILES string of the molecule is CC(C)CNC(=O)N1CCCC(C(=O)NC2CCCNC2)C1.Cl. The number of rotatable bonds is 4. The van der Waals surface area contributed by atoms with Gasteiger partial charge in [0.15, 0.2) is 0 Å². The monoisotopic (exact) mass is 346 g/mol. The van der Waals surface area contributed by atoms with Gasteiger partial charge in [0, 0.05) is 32.2 Å². The van der Waals surface area contributed by atoms with Crippen LogP contribution in [0.1, 0.15) is 39.5 Å². The molecule has 2 unspecified atom stereocenters. The summed E-state index contributed by atoms with van der Waals surface area (Å²) < 4.78 is 0. The van der Waals surface area contributed by atoms with Crippen LogP contribution in [0.4, 0.5) is 4.79 Å². The van der Waals surface area contributed by atoms with Gasteiger partial charge < -0.3 is 20.9 Å². The number of amides is 3. The normalized spacial score (nSPS) is 24.7. The quantitative estimate of drug-likeness (QED) is 0.719. The fourth-order valence-corrected chi connectivity index (χ4v) is 3.07. The van der Waals surface area contributed by atoms with Crippen LogP contribution in [0.5, 0.6) is 0 Å². The van der Waals surface area contributed by atoms with E-state index < -0.39 is 0 Å². The van der Waals surface area contributed by atoms with E-state index in [1.807, 2.05) is 0 Å². The number of urea groups is 1. The molecule has 0 saturated carbocycles. The van der Waals surface area contributed by atoms with Crippen molar-refractivity contribution in [1.29, 1.82) is 0 Å². The van der Waals surface area contributed by atoms with E-state index in [1.54, 1.807) is 4.90 Å². The number of nitrogens with zero attached hydrogens (tertiary/aromatic N) is 1. The van der Waals surface area contributed by atoms with E-state index in [9.17, 15) is 9.59 Å². The molecule has 6 nitrogen and oxygen atoms in total. The van der Waals surface area contributed by atoms with E-state index in [4.69, 9.17) is 0 Å². The molecule has 0 spiro atoms. The zero-order valence-corrected chi connectivity index (χ0v) is 15.1. The summed E-state index contributed by atoms with van der Waals surface area (Å²) in [4.78, 5) is 26.3. The summed E-state index contributed by atoms with van der Waals surface area (Å²) in [5, 5.41) is 9.38. The fraction of sp³-hybridized carbons (Fsp3) is 0.875. The first-order valence-corrected chi connectivity index (χ1v) is 8.60. The predicted octanol–water partition coefficient (Wildman–Crippen LogP) is 1.35. The lowest BCUT2D eigenvalue weighted by Gasteiger charge is -2.33. The standard InChI is InChI=1S/C16H30N4O2.ClH/c1-12(2)9-18-16(22)20-8-4-5-13(11-20)15(21)19-14-6-3-7-17-10-14;/h12-14,17H,3-11H2,1-2H3,(H,18,22)(H,19,21);1H. The Morgan fingerprint density at radius 3 is 2.70 bits per heavy atom. The van der Waals surface area contributed by atoms with Gasteiger partial charge in [-0.3, -0.25) is 4.79 Å². The molecule has 0 bridgehead atoms. The molecular weight excluding hydrogens is 316 g/mol. The molecule has 0 aromatic heterocycles. The molecule has 7 heteroatoms. The molecule has 0 aromatic carbocycles. The molecule has 0 radical (unpaired) electrons. The van der Waals surface area contributed by atoms with Crippen LogP contribution >= 0.6 is 12.4 Å². The van der Waals surface area contributed by atoms with Crippen LogP contribution in [-0.2, 0) is 4.79 Å². The van der Waals surface area contributed by atoms with Gasteiger partial charge >= 0.3 is 6.03 Å². The van der Waals surface area contributed by atoms with Crippen molar-refractivity contribution in [2.24, 2.45) is 11.8 Å². The Bertz CT molecular complexity index is 386.